The number of carbonyl (C=O) groups excluding carboxylic acids is 2. The van der Waals surface area contributed by atoms with Gasteiger partial charge in [0.1, 0.15) is 6.04 Å². The number of imide groups is 1. The van der Waals surface area contributed by atoms with Gasteiger partial charge in [-0.05, 0) is 25.5 Å². The minimum Gasteiger partial charge on any atom is -0.490 e. The number of hydrogen-bond donors (Lipinski definition) is 1. The van der Waals surface area contributed by atoms with Gasteiger partial charge in [-0.25, -0.2) is 4.98 Å². The maximum Gasteiger partial charge on any atom is 0.251 e. The second-order valence-corrected chi connectivity index (χ2v) is 4.31. The van der Waals surface area contributed by atoms with E-state index in [2.05, 4.69) is 10.3 Å². The largest absolute Gasteiger partial charge is 0.490 e. The molecule has 1 aromatic heterocycles. The monoisotopic (exact) mass is 263 g/mol. The number of ether oxygens (including phenoxy) is 1. The number of amides is 2. The van der Waals surface area contributed by atoms with Crippen molar-refractivity contribution in [1.29, 1.82) is 0 Å². The van der Waals surface area contributed by atoms with Crippen molar-refractivity contribution < 1.29 is 14.3 Å². The minimum absolute atomic E-state index is 0.144. The summed E-state index contributed by atoms with van der Waals surface area (Å²) in [6.07, 6.45) is 2.47. The molecule has 1 unspecified atom stereocenters. The Hall–Kier alpha value is -2.11. The summed E-state index contributed by atoms with van der Waals surface area (Å²) < 4.78 is 5.44. The number of aromatic nitrogens is 1. The van der Waals surface area contributed by atoms with E-state index in [4.69, 9.17) is 4.74 Å². The Morgan fingerprint density at radius 2 is 2.32 bits per heavy atom. The lowest BCUT2D eigenvalue weighted by Crippen LogP contribution is -2.48. The van der Waals surface area contributed by atoms with Crippen molar-refractivity contribution in [1.82, 2.24) is 9.88 Å². The van der Waals surface area contributed by atoms with E-state index in [9.17, 15) is 9.59 Å². The van der Waals surface area contributed by atoms with E-state index in [-0.39, 0.29) is 11.8 Å². The molecule has 6 heteroatoms. The molecule has 2 heterocycles. The standard InChI is InChI=1S/C13H17N3O3/c1-3-19-10-5-4-8-14-12(10)15-9-6-7-11(17)16(2)13(9)18/h4-5,8-9H,3,6-7H2,1-2H3,(H,14,15). The normalized spacial score (nSPS) is 19.5. The first-order valence-corrected chi connectivity index (χ1v) is 6.28. The molecule has 0 aliphatic carbocycles. The summed E-state index contributed by atoms with van der Waals surface area (Å²) in [5.41, 5.74) is 0. The Kier molecular flexibility index (Phi) is 3.99. The highest BCUT2D eigenvalue weighted by Crippen LogP contribution is 2.24. The van der Waals surface area contributed by atoms with Crippen LogP contribution >= 0.6 is 0 Å². The SMILES string of the molecule is CCOc1cccnc1NC1CCC(=O)N(C)C1=O. The Morgan fingerprint density at radius 1 is 1.53 bits per heavy atom. The summed E-state index contributed by atoms with van der Waals surface area (Å²) in [5, 5.41) is 3.06. The van der Waals surface area contributed by atoms with Gasteiger partial charge in [-0.3, -0.25) is 14.5 Å². The molecule has 0 aromatic carbocycles. The third-order valence-corrected chi connectivity index (χ3v) is 3.03. The van der Waals surface area contributed by atoms with Gasteiger partial charge < -0.3 is 10.1 Å². The van der Waals surface area contributed by atoms with Crippen molar-refractivity contribution in [3.8, 4) is 5.75 Å². The minimum atomic E-state index is -0.434. The van der Waals surface area contributed by atoms with E-state index < -0.39 is 6.04 Å². The highest BCUT2D eigenvalue weighted by molar-refractivity contribution is 6.01. The maximum atomic E-state index is 12.0. The quantitative estimate of drug-likeness (QED) is 0.822. The molecule has 1 fully saturated rings. The molecule has 0 spiro atoms. The number of likely N-dealkylation sites (tertiary alicyclic amines) is 1. The van der Waals surface area contributed by atoms with Crippen LogP contribution < -0.4 is 10.1 Å². The van der Waals surface area contributed by atoms with Gasteiger partial charge in [0.15, 0.2) is 11.6 Å². The average molecular weight is 263 g/mol. The highest BCUT2D eigenvalue weighted by atomic mass is 16.5. The zero-order valence-corrected chi connectivity index (χ0v) is 11.0. The van der Waals surface area contributed by atoms with Gasteiger partial charge >= 0.3 is 0 Å². The number of hydrogen-bond acceptors (Lipinski definition) is 5. The van der Waals surface area contributed by atoms with E-state index >= 15 is 0 Å². The lowest BCUT2D eigenvalue weighted by molar-refractivity contribution is -0.146. The van der Waals surface area contributed by atoms with Crippen LogP contribution in [-0.4, -0.2) is 41.4 Å². The summed E-state index contributed by atoms with van der Waals surface area (Å²) >= 11 is 0. The number of rotatable bonds is 4. The van der Waals surface area contributed by atoms with Crippen molar-refractivity contribution >= 4 is 17.6 Å². The molecule has 0 radical (unpaired) electrons. The third kappa shape index (κ3) is 2.83. The van der Waals surface area contributed by atoms with Gasteiger partial charge in [-0.2, -0.15) is 0 Å². The van der Waals surface area contributed by atoms with Gasteiger partial charge in [-0.1, -0.05) is 0 Å². The zero-order chi connectivity index (χ0) is 13.8. The van der Waals surface area contributed by atoms with Gasteiger partial charge in [0.05, 0.1) is 6.61 Å². The van der Waals surface area contributed by atoms with Crippen LogP contribution in [0.25, 0.3) is 0 Å². The first-order chi connectivity index (χ1) is 9.13. The average Bonchev–Trinajstić information content (AvgIpc) is 2.42. The number of nitrogens with zero attached hydrogens (tertiary/aromatic N) is 2. The number of piperidine rings is 1. The van der Waals surface area contributed by atoms with Crippen LogP contribution in [0.5, 0.6) is 5.75 Å². The van der Waals surface area contributed by atoms with Crippen LogP contribution in [0.15, 0.2) is 18.3 Å². The highest BCUT2D eigenvalue weighted by Gasteiger charge is 2.32. The van der Waals surface area contributed by atoms with Gasteiger partial charge in [0.2, 0.25) is 5.91 Å². The second kappa shape index (κ2) is 5.69. The van der Waals surface area contributed by atoms with Gasteiger partial charge in [0.25, 0.3) is 5.91 Å². The zero-order valence-electron chi connectivity index (χ0n) is 11.0. The van der Waals surface area contributed by atoms with Crippen molar-refractivity contribution in [2.75, 3.05) is 19.0 Å². The molecule has 2 amide bonds. The lowest BCUT2D eigenvalue weighted by Gasteiger charge is -2.28. The first kappa shape index (κ1) is 13.3. The van der Waals surface area contributed by atoms with Crippen molar-refractivity contribution in [3.63, 3.8) is 0 Å². The van der Waals surface area contributed by atoms with Crippen LogP contribution in [0.1, 0.15) is 19.8 Å². The van der Waals surface area contributed by atoms with E-state index in [1.807, 2.05) is 6.92 Å². The molecule has 6 nitrogen and oxygen atoms in total. The van der Waals surface area contributed by atoms with E-state index in [1.165, 1.54) is 7.05 Å². The molecular weight excluding hydrogens is 246 g/mol. The summed E-state index contributed by atoms with van der Waals surface area (Å²) in [6.45, 7) is 2.41. The van der Waals surface area contributed by atoms with Gasteiger partial charge in [0, 0.05) is 19.7 Å². The summed E-state index contributed by atoms with van der Waals surface area (Å²) in [6, 6.07) is 3.13. The predicted molar refractivity (Wildman–Crippen MR) is 69.8 cm³/mol. The fourth-order valence-corrected chi connectivity index (χ4v) is 1.99. The summed E-state index contributed by atoms with van der Waals surface area (Å²) in [4.78, 5) is 28.7. The van der Waals surface area contributed by atoms with Crippen LogP contribution in [0.4, 0.5) is 5.82 Å². The maximum absolute atomic E-state index is 12.0. The van der Waals surface area contributed by atoms with Crippen LogP contribution in [0.2, 0.25) is 0 Å². The summed E-state index contributed by atoms with van der Waals surface area (Å²) in [5.74, 6) is 0.765. The molecule has 0 saturated carbocycles. The number of nitrogens with one attached hydrogen (secondary N) is 1. The van der Waals surface area contributed by atoms with Crippen LogP contribution in [0, 0.1) is 0 Å². The fraction of sp³-hybridized carbons (Fsp3) is 0.462. The fourth-order valence-electron chi connectivity index (χ4n) is 1.99. The summed E-state index contributed by atoms with van der Waals surface area (Å²) in [7, 11) is 1.50. The molecule has 19 heavy (non-hydrogen) atoms. The Bertz CT molecular complexity index is 490. The van der Waals surface area contributed by atoms with E-state index in [0.717, 1.165) is 4.90 Å². The molecule has 1 saturated heterocycles. The van der Waals surface area contributed by atoms with Crippen LogP contribution in [0.3, 0.4) is 0 Å². The van der Waals surface area contributed by atoms with Crippen molar-refractivity contribution in [2.45, 2.75) is 25.8 Å². The van der Waals surface area contributed by atoms with Crippen LogP contribution in [-0.2, 0) is 9.59 Å². The second-order valence-electron chi connectivity index (χ2n) is 4.31. The Labute approximate surface area is 111 Å². The molecule has 1 aliphatic rings. The molecule has 102 valence electrons. The Morgan fingerprint density at radius 3 is 3.05 bits per heavy atom. The molecule has 1 aromatic rings. The number of likely N-dealkylation sites (N-methyl/N-ethyl adjacent to an activating group) is 1. The van der Waals surface area contributed by atoms with E-state index in [0.29, 0.717) is 31.0 Å². The molecule has 1 atom stereocenters. The first-order valence-electron chi connectivity index (χ1n) is 6.28. The van der Waals surface area contributed by atoms with Crippen molar-refractivity contribution in [3.05, 3.63) is 18.3 Å². The van der Waals surface area contributed by atoms with Gasteiger partial charge in [-0.15, -0.1) is 0 Å². The lowest BCUT2D eigenvalue weighted by atomic mass is 10.0. The molecule has 1 aliphatic heterocycles. The Balaban J connectivity index is 2.13. The van der Waals surface area contributed by atoms with Crippen molar-refractivity contribution in [2.24, 2.45) is 0 Å². The topological polar surface area (TPSA) is 71.5 Å². The molecular formula is C13H17N3O3. The third-order valence-electron chi connectivity index (χ3n) is 3.03. The predicted octanol–water partition coefficient (Wildman–Crippen LogP) is 1.04. The number of carbonyl (C=O) groups is 2. The molecule has 2 rings (SSSR count). The van der Waals surface area contributed by atoms with E-state index in [1.54, 1.807) is 18.3 Å². The number of pyridine rings is 1. The molecule has 1 N–H and O–H groups in total. The smallest absolute Gasteiger partial charge is 0.251 e. The number of anilines is 1. The molecule has 0 bridgehead atoms.